The Hall–Kier alpha value is -3.58. The van der Waals surface area contributed by atoms with Crippen LogP contribution in [0.3, 0.4) is 0 Å². The Bertz CT molecular complexity index is 1210. The van der Waals surface area contributed by atoms with Crippen LogP contribution >= 0.6 is 11.8 Å². The molecule has 0 radical (unpaired) electrons. The van der Waals surface area contributed by atoms with Gasteiger partial charge in [-0.25, -0.2) is 4.68 Å². The number of benzene rings is 3. The minimum absolute atomic E-state index is 0.0764. The fraction of sp³-hybridized carbons (Fsp3) is 0.125. The van der Waals surface area contributed by atoms with E-state index in [1.165, 1.54) is 11.8 Å². The molecule has 0 saturated carbocycles. The lowest BCUT2D eigenvalue weighted by Crippen LogP contribution is -2.41. The molecule has 0 bridgehead atoms. The number of hydrogen-bond donors (Lipinski definition) is 2. The first-order valence-corrected chi connectivity index (χ1v) is 10.9. The number of nitrogens with zero attached hydrogens (tertiary/aromatic N) is 3. The van der Waals surface area contributed by atoms with E-state index in [-0.39, 0.29) is 11.9 Å². The molecule has 0 aliphatic carbocycles. The second-order valence-corrected chi connectivity index (χ2v) is 8.53. The number of fused-ring (bicyclic) bond motifs is 1. The van der Waals surface area contributed by atoms with Crippen molar-refractivity contribution >= 4 is 23.4 Å². The van der Waals surface area contributed by atoms with Gasteiger partial charge < -0.3 is 10.7 Å². The van der Waals surface area contributed by atoms with E-state index in [2.05, 4.69) is 20.9 Å². The van der Waals surface area contributed by atoms with Gasteiger partial charge in [-0.3, -0.25) is 4.79 Å². The molecule has 6 nitrogen and oxygen atoms in total. The molecule has 1 aliphatic heterocycles. The van der Waals surface area contributed by atoms with Crippen LogP contribution in [0.1, 0.15) is 17.2 Å². The van der Waals surface area contributed by atoms with Gasteiger partial charge >= 0.3 is 0 Å². The molecule has 0 spiro atoms. The lowest BCUT2D eigenvalue weighted by Gasteiger charge is -2.33. The predicted molar refractivity (Wildman–Crippen MR) is 123 cm³/mol. The van der Waals surface area contributed by atoms with Crippen molar-refractivity contribution in [1.29, 1.82) is 0 Å². The zero-order valence-corrected chi connectivity index (χ0v) is 17.7. The molecule has 2 atom stereocenters. The summed E-state index contributed by atoms with van der Waals surface area (Å²) in [5.41, 5.74) is 7.37. The van der Waals surface area contributed by atoms with E-state index < -0.39 is 5.25 Å². The van der Waals surface area contributed by atoms with Crippen molar-refractivity contribution in [3.05, 3.63) is 96.1 Å². The van der Waals surface area contributed by atoms with Crippen LogP contribution in [0.4, 0.5) is 5.69 Å². The Kier molecular flexibility index (Phi) is 5.18. The van der Waals surface area contributed by atoms with Gasteiger partial charge in [0.15, 0.2) is 5.82 Å². The first-order chi connectivity index (χ1) is 15.2. The molecule has 0 fully saturated rings. The maximum absolute atomic E-state index is 13.3. The Balaban J connectivity index is 1.50. The average molecular weight is 428 g/mol. The number of hydrogen-bond acceptors (Lipinski definition) is 5. The molecule has 1 aromatic heterocycles. The highest BCUT2D eigenvalue weighted by Gasteiger charge is 2.38. The minimum atomic E-state index is -0.414. The summed E-state index contributed by atoms with van der Waals surface area (Å²) in [6.45, 7) is 2.01. The van der Waals surface area contributed by atoms with Crippen LogP contribution in [-0.4, -0.2) is 26.0 Å². The second kappa shape index (κ2) is 8.28. The standard InChI is InChI=1S/C24H21N5OS/c1-16-9-8-14-19(15-16)25-23(30)21-20(17-10-4-2-5-11-17)28-29-22(26-27-24(29)31-21)18-12-6-3-7-13-18/h2-15,20-21,28H,1H3,(H,25,30). The molecule has 31 heavy (non-hydrogen) atoms. The number of carbonyl (C=O) groups excluding carboxylic acids is 1. The Morgan fingerprint density at radius 1 is 0.968 bits per heavy atom. The molecule has 2 heterocycles. The number of nitrogens with one attached hydrogen (secondary N) is 2. The molecule has 154 valence electrons. The van der Waals surface area contributed by atoms with E-state index in [1.54, 1.807) is 0 Å². The van der Waals surface area contributed by atoms with Gasteiger partial charge in [-0.05, 0) is 30.2 Å². The molecule has 3 aromatic carbocycles. The first kappa shape index (κ1) is 19.4. The maximum Gasteiger partial charge on any atom is 0.240 e. The van der Waals surface area contributed by atoms with E-state index in [0.717, 1.165) is 28.2 Å². The van der Waals surface area contributed by atoms with Crippen molar-refractivity contribution in [3.63, 3.8) is 0 Å². The number of amides is 1. The van der Waals surface area contributed by atoms with Crippen molar-refractivity contribution in [2.45, 2.75) is 23.4 Å². The van der Waals surface area contributed by atoms with E-state index in [1.807, 2.05) is 96.5 Å². The third-order valence-corrected chi connectivity index (χ3v) is 6.39. The van der Waals surface area contributed by atoms with Gasteiger partial charge in [-0.15, -0.1) is 10.2 Å². The summed E-state index contributed by atoms with van der Waals surface area (Å²) in [5.74, 6) is 0.647. The quantitative estimate of drug-likeness (QED) is 0.496. The molecule has 1 amide bonds. The van der Waals surface area contributed by atoms with Crippen LogP contribution in [0.2, 0.25) is 0 Å². The van der Waals surface area contributed by atoms with Gasteiger partial charge in [0.1, 0.15) is 5.25 Å². The lowest BCUT2D eigenvalue weighted by atomic mass is 10.0. The van der Waals surface area contributed by atoms with Crippen LogP contribution in [0, 0.1) is 6.92 Å². The summed E-state index contributed by atoms with van der Waals surface area (Å²) in [7, 11) is 0. The van der Waals surface area contributed by atoms with Crippen LogP contribution in [0.5, 0.6) is 0 Å². The molecule has 1 aliphatic rings. The third kappa shape index (κ3) is 3.92. The molecule has 0 saturated heterocycles. The summed E-state index contributed by atoms with van der Waals surface area (Å²) < 4.78 is 1.88. The SMILES string of the molecule is Cc1cccc(NC(=O)C2Sc3nnc(-c4ccccc4)n3NC2c2ccccc2)c1. The monoisotopic (exact) mass is 427 g/mol. The fourth-order valence-corrected chi connectivity index (χ4v) is 4.76. The first-order valence-electron chi connectivity index (χ1n) is 10.1. The minimum Gasteiger partial charge on any atom is -0.325 e. The molecular weight excluding hydrogens is 406 g/mol. The summed E-state index contributed by atoms with van der Waals surface area (Å²) in [5, 5.41) is 12.0. The van der Waals surface area contributed by atoms with Crippen LogP contribution in [0.25, 0.3) is 11.4 Å². The highest BCUT2D eigenvalue weighted by molar-refractivity contribution is 8.00. The number of thioether (sulfide) groups is 1. The molecule has 2 N–H and O–H groups in total. The Morgan fingerprint density at radius 3 is 2.45 bits per heavy atom. The second-order valence-electron chi connectivity index (χ2n) is 7.42. The van der Waals surface area contributed by atoms with Crippen molar-refractivity contribution in [2.75, 3.05) is 10.7 Å². The average Bonchev–Trinajstić information content (AvgIpc) is 3.22. The summed E-state index contributed by atoms with van der Waals surface area (Å²) in [4.78, 5) is 13.3. The number of aromatic nitrogens is 3. The predicted octanol–water partition coefficient (Wildman–Crippen LogP) is 4.65. The molecule has 7 heteroatoms. The van der Waals surface area contributed by atoms with Gasteiger partial charge in [0.25, 0.3) is 0 Å². The third-order valence-electron chi connectivity index (χ3n) is 5.17. The highest BCUT2D eigenvalue weighted by atomic mass is 32.2. The number of rotatable bonds is 4. The van der Waals surface area contributed by atoms with E-state index in [0.29, 0.717) is 5.16 Å². The van der Waals surface area contributed by atoms with Gasteiger partial charge in [0.2, 0.25) is 11.1 Å². The van der Waals surface area contributed by atoms with Gasteiger partial charge in [0, 0.05) is 11.3 Å². The van der Waals surface area contributed by atoms with Crippen molar-refractivity contribution in [3.8, 4) is 11.4 Å². The van der Waals surface area contributed by atoms with Gasteiger partial charge in [-0.1, -0.05) is 84.6 Å². The van der Waals surface area contributed by atoms with Crippen LogP contribution in [0.15, 0.2) is 90.1 Å². The van der Waals surface area contributed by atoms with E-state index in [4.69, 9.17) is 0 Å². The molecular formula is C24H21N5OS. The lowest BCUT2D eigenvalue weighted by molar-refractivity contribution is -0.116. The topological polar surface area (TPSA) is 71.8 Å². The molecule has 2 unspecified atom stereocenters. The summed E-state index contributed by atoms with van der Waals surface area (Å²) >= 11 is 1.42. The molecule has 4 aromatic rings. The fourth-order valence-electron chi connectivity index (χ4n) is 3.68. The number of anilines is 1. The Labute approximate surface area is 184 Å². The van der Waals surface area contributed by atoms with Crippen molar-refractivity contribution in [1.82, 2.24) is 14.9 Å². The molecule has 5 rings (SSSR count). The van der Waals surface area contributed by atoms with E-state index in [9.17, 15) is 4.79 Å². The Morgan fingerprint density at radius 2 is 1.71 bits per heavy atom. The number of carbonyl (C=O) groups is 1. The van der Waals surface area contributed by atoms with Crippen LogP contribution < -0.4 is 10.7 Å². The maximum atomic E-state index is 13.3. The largest absolute Gasteiger partial charge is 0.325 e. The van der Waals surface area contributed by atoms with Crippen molar-refractivity contribution < 1.29 is 4.79 Å². The van der Waals surface area contributed by atoms with Gasteiger partial charge in [0.05, 0.1) is 6.04 Å². The van der Waals surface area contributed by atoms with Crippen molar-refractivity contribution in [2.24, 2.45) is 0 Å². The zero-order valence-electron chi connectivity index (χ0n) is 16.9. The normalized spacial score (nSPS) is 17.5. The van der Waals surface area contributed by atoms with Crippen LogP contribution in [-0.2, 0) is 4.79 Å². The number of aryl methyl sites for hydroxylation is 1. The van der Waals surface area contributed by atoms with Gasteiger partial charge in [-0.2, -0.15) is 0 Å². The summed E-state index contributed by atoms with van der Waals surface area (Å²) in [6, 6.07) is 27.5. The highest BCUT2D eigenvalue weighted by Crippen LogP contribution is 2.38. The van der Waals surface area contributed by atoms with E-state index >= 15 is 0 Å². The zero-order chi connectivity index (χ0) is 21.2. The summed E-state index contributed by atoms with van der Waals surface area (Å²) in [6.07, 6.45) is 0. The smallest absolute Gasteiger partial charge is 0.240 e.